The number of benzene rings is 1. The number of amides is 1. The van der Waals surface area contributed by atoms with Gasteiger partial charge in [-0.1, -0.05) is 35.0 Å². The summed E-state index contributed by atoms with van der Waals surface area (Å²) in [7, 11) is 0. The van der Waals surface area contributed by atoms with E-state index in [9.17, 15) is 9.59 Å². The highest BCUT2D eigenvalue weighted by Crippen LogP contribution is 2.21. The van der Waals surface area contributed by atoms with E-state index in [4.69, 9.17) is 4.74 Å². The number of nitrogens with one attached hydrogen (secondary N) is 1. The summed E-state index contributed by atoms with van der Waals surface area (Å²) < 4.78 is 6.31. The van der Waals surface area contributed by atoms with E-state index in [0.717, 1.165) is 36.0 Å². The van der Waals surface area contributed by atoms with Crippen molar-refractivity contribution in [2.45, 2.75) is 32.8 Å². The fourth-order valence-electron chi connectivity index (χ4n) is 2.96. The summed E-state index contributed by atoms with van der Waals surface area (Å²) in [6.07, 6.45) is 1.17. The van der Waals surface area contributed by atoms with Gasteiger partial charge in [0.1, 0.15) is 5.69 Å². The summed E-state index contributed by atoms with van der Waals surface area (Å²) in [4.78, 5) is 26.5. The molecule has 1 aromatic carbocycles. The zero-order valence-corrected chi connectivity index (χ0v) is 16.5. The minimum Gasteiger partial charge on any atom is -0.448 e. The van der Waals surface area contributed by atoms with E-state index in [1.165, 1.54) is 0 Å². The van der Waals surface area contributed by atoms with E-state index < -0.39 is 12.1 Å². The van der Waals surface area contributed by atoms with Crippen LogP contribution in [0.15, 0.2) is 34.8 Å². The van der Waals surface area contributed by atoms with Crippen LogP contribution in [0.3, 0.4) is 0 Å². The number of carbonyl (C=O) groups excluding carboxylic acids is 2. The normalized spacial score (nSPS) is 16.3. The molecule has 2 aromatic rings. The Morgan fingerprint density at radius 1 is 1.27 bits per heavy atom. The van der Waals surface area contributed by atoms with Crippen LogP contribution in [-0.2, 0) is 9.53 Å². The highest BCUT2D eigenvalue weighted by atomic mass is 79.9. The van der Waals surface area contributed by atoms with Gasteiger partial charge in [0.25, 0.3) is 5.91 Å². The number of nitrogens with zero attached hydrogens (tertiary/aromatic N) is 2. The molecular weight excluding hydrogens is 398 g/mol. The van der Waals surface area contributed by atoms with Gasteiger partial charge in [-0.3, -0.25) is 9.89 Å². The fraction of sp³-hybridized carbons (Fsp3) is 0.421. The third kappa shape index (κ3) is 4.33. The second-order valence-electron chi connectivity index (χ2n) is 6.73. The molecule has 3 rings (SSSR count). The maximum Gasteiger partial charge on any atom is 0.357 e. The molecule has 138 valence electrons. The Morgan fingerprint density at radius 2 is 1.92 bits per heavy atom. The first-order chi connectivity index (χ1) is 12.4. The minimum atomic E-state index is -0.810. The third-order valence-corrected chi connectivity index (χ3v) is 5.19. The lowest BCUT2D eigenvalue weighted by Crippen LogP contribution is -2.44. The van der Waals surface area contributed by atoms with Crippen LogP contribution in [0.4, 0.5) is 0 Å². The van der Waals surface area contributed by atoms with Crippen molar-refractivity contribution < 1.29 is 14.3 Å². The molecule has 1 unspecified atom stereocenters. The van der Waals surface area contributed by atoms with E-state index in [2.05, 4.69) is 33.1 Å². The van der Waals surface area contributed by atoms with Crippen LogP contribution in [0.5, 0.6) is 0 Å². The van der Waals surface area contributed by atoms with Crippen LogP contribution in [-0.4, -0.2) is 46.2 Å². The summed E-state index contributed by atoms with van der Waals surface area (Å²) in [5, 5.41) is 6.84. The molecule has 1 fully saturated rings. The van der Waals surface area contributed by atoms with Crippen molar-refractivity contribution in [1.29, 1.82) is 0 Å². The van der Waals surface area contributed by atoms with Crippen molar-refractivity contribution >= 4 is 27.8 Å². The van der Waals surface area contributed by atoms with Gasteiger partial charge >= 0.3 is 5.97 Å². The third-order valence-electron chi connectivity index (χ3n) is 4.66. The molecule has 0 saturated carbocycles. The fourth-order valence-corrected chi connectivity index (χ4v) is 3.22. The molecule has 1 aliphatic heterocycles. The number of likely N-dealkylation sites (tertiary alicyclic amines) is 1. The van der Waals surface area contributed by atoms with Gasteiger partial charge in [0.05, 0.1) is 5.69 Å². The van der Waals surface area contributed by atoms with Crippen LogP contribution in [0, 0.1) is 5.92 Å². The molecule has 0 aliphatic carbocycles. The Labute approximate surface area is 161 Å². The lowest BCUT2D eigenvalue weighted by Gasteiger charge is -2.31. The smallest absolute Gasteiger partial charge is 0.357 e. The first kappa shape index (κ1) is 18.6. The first-order valence-electron chi connectivity index (χ1n) is 8.75. The number of aromatic amines is 1. The largest absolute Gasteiger partial charge is 0.448 e. The van der Waals surface area contributed by atoms with E-state index in [1.807, 2.05) is 24.3 Å². The van der Waals surface area contributed by atoms with Crippen molar-refractivity contribution in [2.75, 3.05) is 13.1 Å². The van der Waals surface area contributed by atoms with Crippen LogP contribution >= 0.6 is 15.9 Å². The van der Waals surface area contributed by atoms with Gasteiger partial charge in [0, 0.05) is 23.1 Å². The van der Waals surface area contributed by atoms with Crippen molar-refractivity contribution in [2.24, 2.45) is 5.92 Å². The molecule has 1 aromatic heterocycles. The molecule has 0 radical (unpaired) electrons. The molecule has 1 N–H and O–H groups in total. The standard InChI is InChI=1S/C19H22BrN3O3/c1-12-7-9-23(10-8-12)18(24)13(2)26-19(25)17-11-16(21-22-17)14-3-5-15(20)6-4-14/h3-6,11-13H,7-10H2,1-2H3,(H,21,22). The number of hydrogen-bond donors (Lipinski definition) is 1. The summed E-state index contributed by atoms with van der Waals surface area (Å²) in [5.41, 5.74) is 1.76. The molecule has 0 spiro atoms. The van der Waals surface area contributed by atoms with Crippen LogP contribution in [0.2, 0.25) is 0 Å². The molecular formula is C19H22BrN3O3. The van der Waals surface area contributed by atoms with Gasteiger partial charge in [-0.25, -0.2) is 4.79 Å². The van der Waals surface area contributed by atoms with Crippen molar-refractivity contribution in [3.8, 4) is 11.3 Å². The van der Waals surface area contributed by atoms with Gasteiger partial charge in [0.2, 0.25) is 0 Å². The zero-order valence-electron chi connectivity index (χ0n) is 14.9. The lowest BCUT2D eigenvalue weighted by molar-refractivity contribution is -0.141. The van der Waals surface area contributed by atoms with Crippen molar-refractivity contribution in [3.05, 3.63) is 40.5 Å². The molecule has 1 saturated heterocycles. The highest BCUT2D eigenvalue weighted by Gasteiger charge is 2.27. The maximum atomic E-state index is 12.4. The van der Waals surface area contributed by atoms with E-state index >= 15 is 0 Å². The second-order valence-corrected chi connectivity index (χ2v) is 7.64. The molecule has 7 heteroatoms. The number of halogens is 1. The monoisotopic (exact) mass is 419 g/mol. The lowest BCUT2D eigenvalue weighted by atomic mass is 9.99. The summed E-state index contributed by atoms with van der Waals surface area (Å²) in [5.74, 6) is -0.0797. The first-order valence-corrected chi connectivity index (χ1v) is 9.54. The average Bonchev–Trinajstić information content (AvgIpc) is 3.12. The van der Waals surface area contributed by atoms with Crippen LogP contribution in [0.1, 0.15) is 37.2 Å². The second kappa shape index (κ2) is 8.03. The molecule has 2 heterocycles. The van der Waals surface area contributed by atoms with Gasteiger partial charge in [0.15, 0.2) is 6.10 Å². The Balaban J connectivity index is 1.61. The zero-order chi connectivity index (χ0) is 18.7. The molecule has 1 amide bonds. The van der Waals surface area contributed by atoms with Gasteiger partial charge in [-0.15, -0.1) is 0 Å². The van der Waals surface area contributed by atoms with E-state index in [1.54, 1.807) is 17.9 Å². The average molecular weight is 420 g/mol. The number of aromatic nitrogens is 2. The Morgan fingerprint density at radius 3 is 2.58 bits per heavy atom. The number of H-pyrrole nitrogens is 1. The summed E-state index contributed by atoms with van der Waals surface area (Å²) in [6.45, 7) is 5.25. The maximum absolute atomic E-state index is 12.4. The number of ether oxygens (including phenoxy) is 1. The quantitative estimate of drug-likeness (QED) is 0.767. The predicted octanol–water partition coefficient (Wildman–Crippen LogP) is 3.64. The van der Waals surface area contributed by atoms with Crippen LogP contribution in [0.25, 0.3) is 11.3 Å². The number of esters is 1. The molecule has 6 nitrogen and oxygen atoms in total. The van der Waals surface area contributed by atoms with Gasteiger partial charge in [-0.05, 0) is 43.9 Å². The van der Waals surface area contributed by atoms with E-state index in [0.29, 0.717) is 11.6 Å². The SMILES string of the molecule is CC1CCN(C(=O)C(C)OC(=O)c2cc(-c3ccc(Br)cc3)n[nH]2)CC1. The minimum absolute atomic E-state index is 0.141. The Hall–Kier alpha value is -2.15. The van der Waals surface area contributed by atoms with E-state index in [-0.39, 0.29) is 11.6 Å². The number of piperidine rings is 1. The Bertz CT molecular complexity index is 780. The molecule has 0 bridgehead atoms. The number of rotatable bonds is 4. The van der Waals surface area contributed by atoms with Gasteiger partial charge < -0.3 is 9.64 Å². The number of carbonyl (C=O) groups is 2. The summed E-state index contributed by atoms with van der Waals surface area (Å²) in [6, 6.07) is 9.24. The highest BCUT2D eigenvalue weighted by molar-refractivity contribution is 9.10. The number of hydrogen-bond acceptors (Lipinski definition) is 4. The topological polar surface area (TPSA) is 75.3 Å². The van der Waals surface area contributed by atoms with Crippen molar-refractivity contribution in [1.82, 2.24) is 15.1 Å². The summed E-state index contributed by atoms with van der Waals surface area (Å²) >= 11 is 3.38. The molecule has 1 aliphatic rings. The van der Waals surface area contributed by atoms with Crippen molar-refractivity contribution in [3.63, 3.8) is 0 Å². The Kier molecular flexibility index (Phi) is 5.76. The molecule has 1 atom stereocenters. The predicted molar refractivity (Wildman–Crippen MR) is 102 cm³/mol. The van der Waals surface area contributed by atoms with Crippen LogP contribution < -0.4 is 0 Å². The van der Waals surface area contributed by atoms with Gasteiger partial charge in [-0.2, -0.15) is 5.10 Å². The molecule has 26 heavy (non-hydrogen) atoms.